The lowest BCUT2D eigenvalue weighted by atomic mass is 10.0. The van der Waals surface area contributed by atoms with Gasteiger partial charge >= 0.3 is 5.97 Å². The number of pyridine rings is 1. The number of amides is 1. The average molecular weight is 383 g/mol. The number of aromatic nitrogens is 1. The van der Waals surface area contributed by atoms with Crippen molar-refractivity contribution >= 4 is 34.4 Å². The molecule has 0 aliphatic carbocycles. The number of nitrogens with zero attached hydrogens (tertiary/aromatic N) is 1. The van der Waals surface area contributed by atoms with E-state index in [-0.39, 0.29) is 19.1 Å². The third kappa shape index (κ3) is 4.44. The number of rotatable bonds is 5. The maximum Gasteiger partial charge on any atom is 0.325 e. The minimum absolute atomic E-state index is 0.00522. The second-order valence-electron chi connectivity index (χ2n) is 6.23. The SMILES string of the molecule is Cc1ccc2cc(COC(=O)CNC(=O)c3ccccc3)c(Cl)nc2c1C. The lowest BCUT2D eigenvalue weighted by Crippen LogP contribution is -2.30. The average Bonchev–Trinajstić information content (AvgIpc) is 2.68. The molecule has 5 nitrogen and oxygen atoms in total. The number of carbonyl (C=O) groups is 2. The third-order valence-electron chi connectivity index (χ3n) is 4.36. The zero-order valence-electron chi connectivity index (χ0n) is 15.1. The summed E-state index contributed by atoms with van der Waals surface area (Å²) >= 11 is 6.25. The maximum atomic E-state index is 11.9. The molecule has 0 fully saturated rings. The van der Waals surface area contributed by atoms with Gasteiger partial charge in [0.1, 0.15) is 18.3 Å². The van der Waals surface area contributed by atoms with Crippen LogP contribution in [-0.4, -0.2) is 23.4 Å². The van der Waals surface area contributed by atoms with Crippen LogP contribution in [-0.2, 0) is 16.1 Å². The molecule has 0 aliphatic heterocycles. The van der Waals surface area contributed by atoms with E-state index in [9.17, 15) is 9.59 Å². The number of aryl methyl sites for hydroxylation is 2. The van der Waals surface area contributed by atoms with E-state index in [2.05, 4.69) is 10.3 Å². The molecule has 0 saturated carbocycles. The van der Waals surface area contributed by atoms with E-state index in [0.717, 1.165) is 22.0 Å². The molecule has 27 heavy (non-hydrogen) atoms. The first-order valence-corrected chi connectivity index (χ1v) is 8.87. The molecule has 0 bridgehead atoms. The molecule has 0 spiro atoms. The first-order chi connectivity index (χ1) is 13.0. The van der Waals surface area contributed by atoms with Crippen molar-refractivity contribution in [2.24, 2.45) is 0 Å². The number of ether oxygens (including phenoxy) is 1. The predicted octanol–water partition coefficient (Wildman–Crippen LogP) is 3.98. The van der Waals surface area contributed by atoms with Gasteiger partial charge in [0.05, 0.1) is 5.52 Å². The lowest BCUT2D eigenvalue weighted by molar-refractivity contribution is -0.143. The van der Waals surface area contributed by atoms with E-state index in [1.54, 1.807) is 24.3 Å². The van der Waals surface area contributed by atoms with Crippen molar-refractivity contribution in [2.75, 3.05) is 6.54 Å². The molecule has 0 atom stereocenters. The standard InChI is InChI=1S/C21H19ClN2O3/c1-13-8-9-16-10-17(20(22)24-19(16)14(13)2)12-27-18(25)11-23-21(26)15-6-4-3-5-7-15/h3-10H,11-12H2,1-2H3,(H,23,26). The van der Waals surface area contributed by atoms with Crippen LogP contribution in [0.3, 0.4) is 0 Å². The van der Waals surface area contributed by atoms with Gasteiger partial charge in [0.25, 0.3) is 5.91 Å². The molecule has 3 aromatic rings. The number of esters is 1. The van der Waals surface area contributed by atoms with Crippen LogP contribution >= 0.6 is 11.6 Å². The van der Waals surface area contributed by atoms with Crippen LogP contribution in [0.1, 0.15) is 27.0 Å². The van der Waals surface area contributed by atoms with Gasteiger partial charge in [0.2, 0.25) is 0 Å². The topological polar surface area (TPSA) is 68.3 Å². The van der Waals surface area contributed by atoms with Crippen molar-refractivity contribution in [3.05, 3.63) is 75.9 Å². The number of hydrogen-bond donors (Lipinski definition) is 1. The van der Waals surface area contributed by atoms with Crippen LogP contribution in [0.5, 0.6) is 0 Å². The molecule has 0 saturated heterocycles. The van der Waals surface area contributed by atoms with E-state index in [1.165, 1.54) is 0 Å². The highest BCUT2D eigenvalue weighted by Gasteiger charge is 2.12. The van der Waals surface area contributed by atoms with Gasteiger partial charge in [-0.3, -0.25) is 9.59 Å². The second kappa shape index (κ2) is 8.18. The van der Waals surface area contributed by atoms with Crippen LogP contribution in [0.15, 0.2) is 48.5 Å². The Labute approximate surface area is 162 Å². The van der Waals surface area contributed by atoms with Crippen molar-refractivity contribution in [3.63, 3.8) is 0 Å². The molecule has 1 amide bonds. The summed E-state index contributed by atoms with van der Waals surface area (Å²) in [5, 5.41) is 3.77. The molecule has 138 valence electrons. The Hall–Kier alpha value is -2.92. The summed E-state index contributed by atoms with van der Waals surface area (Å²) < 4.78 is 5.22. The number of benzene rings is 2. The third-order valence-corrected chi connectivity index (χ3v) is 4.68. The van der Waals surface area contributed by atoms with Crippen LogP contribution in [0.25, 0.3) is 10.9 Å². The number of nitrogens with one attached hydrogen (secondary N) is 1. The Morgan fingerprint density at radius 3 is 2.59 bits per heavy atom. The first kappa shape index (κ1) is 18.9. The van der Waals surface area contributed by atoms with Gasteiger partial charge in [-0.1, -0.05) is 41.9 Å². The van der Waals surface area contributed by atoms with Gasteiger partial charge in [0.15, 0.2) is 0 Å². The van der Waals surface area contributed by atoms with Crippen LogP contribution in [0.2, 0.25) is 5.15 Å². The predicted molar refractivity (Wildman–Crippen MR) is 105 cm³/mol. The van der Waals surface area contributed by atoms with Gasteiger partial charge in [-0.25, -0.2) is 4.98 Å². The Morgan fingerprint density at radius 1 is 1.11 bits per heavy atom. The highest BCUT2D eigenvalue weighted by atomic mass is 35.5. The molecule has 3 rings (SSSR count). The molecule has 1 N–H and O–H groups in total. The number of carbonyl (C=O) groups excluding carboxylic acids is 2. The Kier molecular flexibility index (Phi) is 5.72. The maximum absolute atomic E-state index is 11.9. The van der Waals surface area contributed by atoms with Crippen molar-refractivity contribution in [2.45, 2.75) is 20.5 Å². The van der Waals surface area contributed by atoms with Gasteiger partial charge < -0.3 is 10.1 Å². The van der Waals surface area contributed by atoms with Crippen molar-refractivity contribution in [1.29, 1.82) is 0 Å². The van der Waals surface area contributed by atoms with Gasteiger partial charge in [0, 0.05) is 16.5 Å². The van der Waals surface area contributed by atoms with Gasteiger partial charge in [-0.05, 0) is 43.2 Å². The first-order valence-electron chi connectivity index (χ1n) is 8.50. The van der Waals surface area contributed by atoms with Gasteiger partial charge in [-0.2, -0.15) is 0 Å². The molecule has 0 radical (unpaired) electrons. The molecule has 0 unspecified atom stereocenters. The number of fused-ring (bicyclic) bond motifs is 1. The number of halogens is 1. The zero-order chi connectivity index (χ0) is 19.4. The molecular formula is C21H19ClN2O3. The van der Waals surface area contributed by atoms with Crippen LogP contribution < -0.4 is 5.32 Å². The summed E-state index contributed by atoms with van der Waals surface area (Å²) in [6, 6.07) is 14.5. The summed E-state index contributed by atoms with van der Waals surface area (Å²) in [7, 11) is 0. The summed E-state index contributed by atoms with van der Waals surface area (Å²) in [5.74, 6) is -0.876. The summed E-state index contributed by atoms with van der Waals surface area (Å²) in [5.41, 5.74) is 4.15. The minimum Gasteiger partial charge on any atom is -0.459 e. The van der Waals surface area contributed by atoms with E-state index >= 15 is 0 Å². The zero-order valence-corrected chi connectivity index (χ0v) is 15.8. The van der Waals surface area contributed by atoms with Crippen molar-refractivity contribution in [1.82, 2.24) is 10.3 Å². The largest absolute Gasteiger partial charge is 0.459 e. The smallest absolute Gasteiger partial charge is 0.325 e. The van der Waals surface area contributed by atoms with Crippen LogP contribution in [0, 0.1) is 13.8 Å². The molecule has 0 aliphatic rings. The second-order valence-corrected chi connectivity index (χ2v) is 6.58. The highest BCUT2D eigenvalue weighted by molar-refractivity contribution is 6.30. The molecule has 1 aromatic heterocycles. The molecule has 2 aromatic carbocycles. The van der Waals surface area contributed by atoms with E-state index in [1.807, 2.05) is 38.1 Å². The quantitative estimate of drug-likeness (QED) is 0.535. The fraction of sp³-hybridized carbons (Fsp3) is 0.190. The molecular weight excluding hydrogens is 364 g/mol. The fourth-order valence-corrected chi connectivity index (χ4v) is 2.85. The minimum atomic E-state index is -0.546. The highest BCUT2D eigenvalue weighted by Crippen LogP contribution is 2.25. The Morgan fingerprint density at radius 2 is 1.85 bits per heavy atom. The lowest BCUT2D eigenvalue weighted by Gasteiger charge is -2.10. The van der Waals surface area contributed by atoms with Crippen LogP contribution in [0.4, 0.5) is 0 Å². The van der Waals surface area contributed by atoms with E-state index in [4.69, 9.17) is 16.3 Å². The Balaban J connectivity index is 1.61. The van der Waals surface area contributed by atoms with E-state index in [0.29, 0.717) is 16.3 Å². The van der Waals surface area contributed by atoms with Gasteiger partial charge in [-0.15, -0.1) is 0 Å². The normalized spacial score (nSPS) is 10.6. The molecule has 1 heterocycles. The molecule has 6 heteroatoms. The monoisotopic (exact) mass is 382 g/mol. The fourth-order valence-electron chi connectivity index (χ4n) is 2.66. The van der Waals surface area contributed by atoms with Crippen molar-refractivity contribution < 1.29 is 14.3 Å². The van der Waals surface area contributed by atoms with E-state index < -0.39 is 5.97 Å². The summed E-state index contributed by atoms with van der Waals surface area (Å²) in [6.45, 7) is 3.79. The summed E-state index contributed by atoms with van der Waals surface area (Å²) in [6.07, 6.45) is 0. The van der Waals surface area contributed by atoms with Crippen molar-refractivity contribution in [3.8, 4) is 0 Å². The summed E-state index contributed by atoms with van der Waals surface area (Å²) in [4.78, 5) is 28.3. The Bertz CT molecular complexity index is 1000. The number of hydrogen-bond acceptors (Lipinski definition) is 4.